The van der Waals surface area contributed by atoms with E-state index >= 15 is 0 Å². The lowest BCUT2D eigenvalue weighted by atomic mass is 10.1. The molecule has 1 atom stereocenters. The molecule has 1 aliphatic heterocycles. The minimum atomic E-state index is 0.147. The predicted octanol–water partition coefficient (Wildman–Crippen LogP) is 1.44. The zero-order chi connectivity index (χ0) is 11.5. The van der Waals surface area contributed by atoms with Gasteiger partial charge in [0, 0.05) is 24.2 Å². The number of benzene rings is 1. The maximum absolute atomic E-state index is 11.9. The lowest BCUT2D eigenvalue weighted by Gasteiger charge is -2.15. The fourth-order valence-corrected chi connectivity index (χ4v) is 2.03. The molecule has 2 rings (SSSR count). The van der Waals surface area contributed by atoms with Crippen LogP contribution in [0.4, 0.5) is 0 Å². The molecule has 1 fully saturated rings. The molecule has 1 heterocycles. The molecule has 0 saturated carbocycles. The molecule has 1 saturated heterocycles. The molecule has 0 aliphatic carbocycles. The highest BCUT2D eigenvalue weighted by Crippen LogP contribution is 2.13. The number of amides is 1. The average Bonchev–Trinajstić information content (AvgIpc) is 2.68. The molecule has 86 valence electrons. The van der Waals surface area contributed by atoms with Gasteiger partial charge >= 0.3 is 0 Å². The van der Waals surface area contributed by atoms with Crippen molar-refractivity contribution in [2.24, 2.45) is 5.73 Å². The van der Waals surface area contributed by atoms with Crippen LogP contribution in [0.15, 0.2) is 24.3 Å². The normalized spacial score (nSPS) is 20.1. The van der Waals surface area contributed by atoms with Gasteiger partial charge in [0.1, 0.15) is 0 Å². The fourth-order valence-electron chi connectivity index (χ4n) is 1.90. The van der Waals surface area contributed by atoms with Crippen LogP contribution in [0.1, 0.15) is 12.0 Å². The summed E-state index contributed by atoms with van der Waals surface area (Å²) in [5.41, 5.74) is 6.76. The maximum Gasteiger partial charge on any atom is 0.227 e. The highest BCUT2D eigenvalue weighted by molar-refractivity contribution is 6.30. The second-order valence-corrected chi connectivity index (χ2v) is 4.63. The lowest BCUT2D eigenvalue weighted by molar-refractivity contribution is -0.129. The van der Waals surface area contributed by atoms with Gasteiger partial charge in [-0.25, -0.2) is 0 Å². The van der Waals surface area contributed by atoms with Gasteiger partial charge in [-0.05, 0) is 24.1 Å². The second-order valence-electron chi connectivity index (χ2n) is 4.19. The van der Waals surface area contributed by atoms with Gasteiger partial charge in [-0.1, -0.05) is 23.7 Å². The van der Waals surface area contributed by atoms with Gasteiger partial charge in [-0.15, -0.1) is 0 Å². The molecular formula is C12H15ClN2O. The molecule has 1 amide bonds. The van der Waals surface area contributed by atoms with Gasteiger partial charge in [-0.3, -0.25) is 4.79 Å². The molecule has 2 N–H and O–H groups in total. The van der Waals surface area contributed by atoms with Gasteiger partial charge < -0.3 is 10.6 Å². The maximum atomic E-state index is 11.9. The summed E-state index contributed by atoms with van der Waals surface area (Å²) in [4.78, 5) is 13.7. The quantitative estimate of drug-likeness (QED) is 0.848. The molecule has 0 bridgehead atoms. The standard InChI is InChI=1S/C12H15ClN2O/c13-10-3-1-9(2-4-10)7-12(16)15-6-5-11(14)8-15/h1-4,11H,5-8,14H2/t11-/m0/s1. The molecule has 1 aromatic carbocycles. The van der Waals surface area contributed by atoms with E-state index in [-0.39, 0.29) is 11.9 Å². The minimum Gasteiger partial charge on any atom is -0.341 e. The van der Waals surface area contributed by atoms with E-state index in [0.29, 0.717) is 18.0 Å². The molecule has 0 unspecified atom stereocenters. The number of halogens is 1. The predicted molar refractivity (Wildman–Crippen MR) is 64.3 cm³/mol. The van der Waals surface area contributed by atoms with Crippen LogP contribution in [-0.2, 0) is 11.2 Å². The summed E-state index contributed by atoms with van der Waals surface area (Å²) in [6.45, 7) is 1.47. The summed E-state index contributed by atoms with van der Waals surface area (Å²) in [6, 6.07) is 7.53. The van der Waals surface area contributed by atoms with E-state index in [9.17, 15) is 4.79 Å². The van der Waals surface area contributed by atoms with Crippen LogP contribution in [0.25, 0.3) is 0 Å². The third-order valence-electron chi connectivity index (χ3n) is 2.85. The van der Waals surface area contributed by atoms with Crippen LogP contribution in [0.5, 0.6) is 0 Å². The lowest BCUT2D eigenvalue weighted by Crippen LogP contribution is -2.32. The Balaban J connectivity index is 1.94. The third kappa shape index (κ3) is 2.74. The van der Waals surface area contributed by atoms with E-state index < -0.39 is 0 Å². The first-order chi connectivity index (χ1) is 7.65. The molecule has 0 aromatic heterocycles. The Kier molecular flexibility index (Phi) is 3.46. The second kappa shape index (κ2) is 4.85. The van der Waals surface area contributed by atoms with E-state index in [1.165, 1.54) is 0 Å². The van der Waals surface area contributed by atoms with Crippen molar-refractivity contribution in [1.29, 1.82) is 0 Å². The highest BCUT2D eigenvalue weighted by atomic mass is 35.5. The van der Waals surface area contributed by atoms with Gasteiger partial charge in [0.25, 0.3) is 0 Å². The Morgan fingerprint density at radius 1 is 1.44 bits per heavy atom. The first-order valence-electron chi connectivity index (χ1n) is 5.43. The third-order valence-corrected chi connectivity index (χ3v) is 3.10. The van der Waals surface area contributed by atoms with Gasteiger partial charge in [0.15, 0.2) is 0 Å². The monoisotopic (exact) mass is 238 g/mol. The van der Waals surface area contributed by atoms with E-state index in [4.69, 9.17) is 17.3 Å². The van der Waals surface area contributed by atoms with Crippen molar-refractivity contribution in [2.45, 2.75) is 18.9 Å². The average molecular weight is 239 g/mol. The number of likely N-dealkylation sites (tertiary alicyclic amines) is 1. The Bertz CT molecular complexity index is 377. The summed E-state index contributed by atoms with van der Waals surface area (Å²) in [5.74, 6) is 0.148. The van der Waals surface area contributed by atoms with Crippen LogP contribution in [0, 0.1) is 0 Å². The number of nitrogens with two attached hydrogens (primary N) is 1. The van der Waals surface area contributed by atoms with Crippen molar-refractivity contribution in [3.05, 3.63) is 34.9 Å². The van der Waals surface area contributed by atoms with E-state index in [0.717, 1.165) is 18.5 Å². The summed E-state index contributed by atoms with van der Waals surface area (Å²) in [5, 5.41) is 0.694. The van der Waals surface area contributed by atoms with Crippen LogP contribution in [0.2, 0.25) is 5.02 Å². The summed E-state index contributed by atoms with van der Waals surface area (Å²) in [7, 11) is 0. The van der Waals surface area contributed by atoms with E-state index in [2.05, 4.69) is 0 Å². The molecule has 3 nitrogen and oxygen atoms in total. The molecule has 1 aliphatic rings. The van der Waals surface area contributed by atoms with Crippen molar-refractivity contribution in [1.82, 2.24) is 4.90 Å². The Hall–Kier alpha value is -1.06. The minimum absolute atomic E-state index is 0.147. The largest absolute Gasteiger partial charge is 0.341 e. The van der Waals surface area contributed by atoms with Gasteiger partial charge in [0.05, 0.1) is 6.42 Å². The smallest absolute Gasteiger partial charge is 0.227 e. The van der Waals surface area contributed by atoms with Gasteiger partial charge in [-0.2, -0.15) is 0 Å². The zero-order valence-corrected chi connectivity index (χ0v) is 9.78. The fraction of sp³-hybridized carbons (Fsp3) is 0.417. The SMILES string of the molecule is N[C@H]1CCN(C(=O)Cc2ccc(Cl)cc2)C1. The zero-order valence-electron chi connectivity index (χ0n) is 9.03. The number of carbonyl (C=O) groups excluding carboxylic acids is 1. The highest BCUT2D eigenvalue weighted by Gasteiger charge is 2.23. The van der Waals surface area contributed by atoms with Crippen molar-refractivity contribution in [3.8, 4) is 0 Å². The number of carbonyl (C=O) groups is 1. The van der Waals surface area contributed by atoms with E-state index in [1.807, 2.05) is 17.0 Å². The van der Waals surface area contributed by atoms with Crippen molar-refractivity contribution in [2.75, 3.05) is 13.1 Å². The van der Waals surface area contributed by atoms with Crippen molar-refractivity contribution in [3.63, 3.8) is 0 Å². The van der Waals surface area contributed by atoms with Crippen molar-refractivity contribution >= 4 is 17.5 Å². The van der Waals surface area contributed by atoms with Gasteiger partial charge in [0.2, 0.25) is 5.91 Å². The Morgan fingerprint density at radius 3 is 2.69 bits per heavy atom. The molecule has 0 spiro atoms. The van der Waals surface area contributed by atoms with Crippen LogP contribution in [0.3, 0.4) is 0 Å². The molecule has 0 radical (unpaired) electrons. The molecule has 4 heteroatoms. The summed E-state index contributed by atoms with van der Waals surface area (Å²) in [6.07, 6.45) is 1.34. The first-order valence-corrected chi connectivity index (χ1v) is 5.81. The van der Waals surface area contributed by atoms with Crippen LogP contribution in [-0.4, -0.2) is 29.9 Å². The first kappa shape index (κ1) is 11.4. The topological polar surface area (TPSA) is 46.3 Å². The van der Waals surface area contributed by atoms with E-state index in [1.54, 1.807) is 12.1 Å². The Morgan fingerprint density at radius 2 is 2.12 bits per heavy atom. The molecule has 16 heavy (non-hydrogen) atoms. The number of hydrogen-bond donors (Lipinski definition) is 1. The molecule has 1 aromatic rings. The number of rotatable bonds is 2. The Labute approximate surface area is 100 Å². The number of hydrogen-bond acceptors (Lipinski definition) is 2. The van der Waals surface area contributed by atoms with Crippen LogP contribution >= 0.6 is 11.6 Å². The summed E-state index contributed by atoms with van der Waals surface area (Å²) >= 11 is 5.78. The number of nitrogens with zero attached hydrogens (tertiary/aromatic N) is 1. The van der Waals surface area contributed by atoms with Crippen molar-refractivity contribution < 1.29 is 4.79 Å². The summed E-state index contributed by atoms with van der Waals surface area (Å²) < 4.78 is 0. The molecular weight excluding hydrogens is 224 g/mol. The van der Waals surface area contributed by atoms with Crippen LogP contribution < -0.4 is 5.73 Å².